The first-order chi connectivity index (χ1) is 37.0. The van der Waals surface area contributed by atoms with Crippen LogP contribution in [0.4, 0.5) is 0 Å². The van der Waals surface area contributed by atoms with E-state index >= 15 is 0 Å². The van der Waals surface area contributed by atoms with Gasteiger partial charge in [-0.2, -0.15) is 0 Å². The fourth-order valence-electron chi connectivity index (χ4n) is 9.80. The van der Waals surface area contributed by atoms with Crippen LogP contribution in [0.2, 0.25) is 0 Å². The van der Waals surface area contributed by atoms with Crippen LogP contribution in [0.1, 0.15) is 355 Å². The lowest BCUT2D eigenvalue weighted by Gasteiger charge is -2.18. The number of ether oxygens (including phenoxy) is 3. The van der Waals surface area contributed by atoms with Gasteiger partial charge < -0.3 is 14.2 Å². The molecule has 438 valence electrons. The Kier molecular flexibility index (Phi) is 61.7. The maximum atomic E-state index is 12.9. The lowest BCUT2D eigenvalue weighted by Crippen LogP contribution is -2.30. The van der Waals surface area contributed by atoms with Gasteiger partial charge in [0.25, 0.3) is 0 Å². The van der Waals surface area contributed by atoms with Crippen molar-refractivity contribution in [3.05, 3.63) is 48.6 Å². The summed E-state index contributed by atoms with van der Waals surface area (Å²) in [5, 5.41) is 0. The van der Waals surface area contributed by atoms with Crippen LogP contribution in [-0.4, -0.2) is 37.2 Å². The molecule has 0 saturated heterocycles. The predicted octanol–water partition coefficient (Wildman–Crippen LogP) is 22.6. The third-order valence-electron chi connectivity index (χ3n) is 14.8. The average molecular weight is 1050 g/mol. The van der Waals surface area contributed by atoms with Crippen molar-refractivity contribution in [2.24, 2.45) is 0 Å². The Morgan fingerprint density at radius 2 is 0.480 bits per heavy atom. The summed E-state index contributed by atoms with van der Waals surface area (Å²) in [5.41, 5.74) is 0. The highest BCUT2D eigenvalue weighted by Crippen LogP contribution is 2.17. The van der Waals surface area contributed by atoms with Crippen LogP contribution in [0.25, 0.3) is 0 Å². The molecule has 75 heavy (non-hydrogen) atoms. The second-order valence-corrected chi connectivity index (χ2v) is 22.4. The lowest BCUT2D eigenvalue weighted by molar-refractivity contribution is -0.167. The first kappa shape index (κ1) is 72.4. The molecule has 0 aliphatic rings. The Labute approximate surface area is 467 Å². The van der Waals surface area contributed by atoms with Gasteiger partial charge in [0.15, 0.2) is 6.10 Å². The second kappa shape index (κ2) is 63.9. The average Bonchev–Trinajstić information content (AvgIpc) is 3.41. The molecule has 1 unspecified atom stereocenters. The van der Waals surface area contributed by atoms with E-state index in [1.54, 1.807) is 0 Å². The number of unbranched alkanes of at least 4 members (excludes halogenated alkanes) is 42. The smallest absolute Gasteiger partial charge is 0.306 e. The van der Waals surface area contributed by atoms with E-state index in [0.29, 0.717) is 19.3 Å². The van der Waals surface area contributed by atoms with Gasteiger partial charge in [0.2, 0.25) is 0 Å². The van der Waals surface area contributed by atoms with Crippen molar-refractivity contribution >= 4 is 17.9 Å². The molecule has 6 nitrogen and oxygen atoms in total. The van der Waals surface area contributed by atoms with Gasteiger partial charge in [-0.3, -0.25) is 14.4 Å². The topological polar surface area (TPSA) is 78.9 Å². The first-order valence-electron chi connectivity index (χ1n) is 33.1. The summed E-state index contributed by atoms with van der Waals surface area (Å²) in [4.78, 5) is 38.1. The van der Waals surface area contributed by atoms with Crippen LogP contribution in [0.3, 0.4) is 0 Å². The summed E-state index contributed by atoms with van der Waals surface area (Å²) in [6, 6.07) is 0. The molecular weight excluding hydrogens is 925 g/mol. The molecule has 0 N–H and O–H groups in total. The number of esters is 3. The van der Waals surface area contributed by atoms with E-state index in [9.17, 15) is 14.4 Å². The Balaban J connectivity index is 4.07. The molecule has 6 heteroatoms. The first-order valence-corrected chi connectivity index (χ1v) is 33.1. The van der Waals surface area contributed by atoms with E-state index in [0.717, 1.165) is 70.6 Å². The van der Waals surface area contributed by atoms with E-state index in [4.69, 9.17) is 14.2 Å². The maximum absolute atomic E-state index is 12.9. The minimum absolute atomic E-state index is 0.0707. The van der Waals surface area contributed by atoms with E-state index in [2.05, 4.69) is 69.4 Å². The summed E-state index contributed by atoms with van der Waals surface area (Å²) in [7, 11) is 0. The molecule has 0 aromatic carbocycles. The minimum Gasteiger partial charge on any atom is -0.462 e. The van der Waals surface area contributed by atoms with Crippen molar-refractivity contribution in [3.63, 3.8) is 0 Å². The van der Waals surface area contributed by atoms with Gasteiger partial charge >= 0.3 is 17.9 Å². The standard InChI is InChI=1S/C69H126O6/c1-4-7-10-13-16-19-21-23-25-27-29-30-31-32-33-34-35-36-37-38-39-40-41-43-44-46-48-50-53-56-59-62-68(71)74-65-66(64-73-67(70)61-58-55-52-18-15-12-9-6-3)75-69(72)63-60-57-54-51-49-47-45-42-28-26-24-22-20-17-14-11-8-5-2/h21,23,26-29,31-32,66H,4-20,22,24-25,30,33-65H2,1-3H3/b23-21-,28-26-,29-27-,32-31-. The van der Waals surface area contributed by atoms with Crippen molar-refractivity contribution in [1.29, 1.82) is 0 Å². The monoisotopic (exact) mass is 1050 g/mol. The number of allylic oxidation sites excluding steroid dienone is 8. The molecule has 0 spiro atoms. The third kappa shape index (κ3) is 62.1. The summed E-state index contributed by atoms with van der Waals surface area (Å²) < 4.78 is 16.9. The van der Waals surface area contributed by atoms with E-state index < -0.39 is 6.10 Å². The molecule has 0 amide bonds. The largest absolute Gasteiger partial charge is 0.462 e. The van der Waals surface area contributed by atoms with E-state index in [-0.39, 0.29) is 31.1 Å². The Morgan fingerprint density at radius 3 is 0.760 bits per heavy atom. The summed E-state index contributed by atoms with van der Waals surface area (Å²) in [6.45, 7) is 6.64. The number of carbonyl (C=O) groups is 3. The summed E-state index contributed by atoms with van der Waals surface area (Å²) in [5.74, 6) is -0.860. The molecule has 0 saturated carbocycles. The van der Waals surface area contributed by atoms with Crippen molar-refractivity contribution in [1.82, 2.24) is 0 Å². The molecule has 0 bridgehead atoms. The van der Waals surface area contributed by atoms with Crippen LogP contribution in [0, 0.1) is 0 Å². The fourth-order valence-corrected chi connectivity index (χ4v) is 9.80. The third-order valence-corrected chi connectivity index (χ3v) is 14.8. The SMILES string of the molecule is CCCCCCC/C=C\C/C=C\C/C=C\CCCCCCCCCCCCCCCCCCC(=O)OCC(COC(=O)CCCCCCCCCC)OC(=O)CCCCCCCCC/C=C\CCCCCCCCC. The Morgan fingerprint density at radius 1 is 0.267 bits per heavy atom. The fraction of sp³-hybridized carbons (Fsp3) is 0.841. The van der Waals surface area contributed by atoms with Gasteiger partial charge in [-0.25, -0.2) is 0 Å². The van der Waals surface area contributed by atoms with E-state index in [1.807, 2.05) is 0 Å². The normalized spacial score (nSPS) is 12.3. The van der Waals surface area contributed by atoms with Gasteiger partial charge in [0.05, 0.1) is 0 Å². The Hall–Kier alpha value is -2.63. The predicted molar refractivity (Wildman–Crippen MR) is 325 cm³/mol. The molecule has 0 radical (unpaired) electrons. The van der Waals surface area contributed by atoms with Crippen LogP contribution in [0.5, 0.6) is 0 Å². The van der Waals surface area contributed by atoms with Crippen molar-refractivity contribution in [2.75, 3.05) is 13.2 Å². The molecule has 0 fully saturated rings. The van der Waals surface area contributed by atoms with Gasteiger partial charge in [0, 0.05) is 19.3 Å². The molecule has 0 rings (SSSR count). The quantitative estimate of drug-likeness (QED) is 0.0261. The van der Waals surface area contributed by atoms with Gasteiger partial charge in [0.1, 0.15) is 13.2 Å². The molecule has 0 aliphatic heterocycles. The van der Waals surface area contributed by atoms with E-state index in [1.165, 1.54) is 244 Å². The highest BCUT2D eigenvalue weighted by molar-refractivity contribution is 5.71. The number of hydrogen-bond donors (Lipinski definition) is 0. The lowest BCUT2D eigenvalue weighted by atomic mass is 10.0. The highest BCUT2D eigenvalue weighted by Gasteiger charge is 2.19. The number of rotatable bonds is 61. The molecule has 0 aliphatic carbocycles. The number of hydrogen-bond acceptors (Lipinski definition) is 6. The second-order valence-electron chi connectivity index (χ2n) is 22.4. The van der Waals surface area contributed by atoms with Crippen LogP contribution in [0.15, 0.2) is 48.6 Å². The summed E-state index contributed by atoms with van der Waals surface area (Å²) in [6.07, 6.45) is 80.1. The summed E-state index contributed by atoms with van der Waals surface area (Å²) >= 11 is 0. The molecule has 1 atom stereocenters. The van der Waals surface area contributed by atoms with Gasteiger partial charge in [-0.05, 0) is 83.5 Å². The zero-order chi connectivity index (χ0) is 54.3. The van der Waals surface area contributed by atoms with Crippen LogP contribution >= 0.6 is 0 Å². The van der Waals surface area contributed by atoms with Crippen molar-refractivity contribution < 1.29 is 28.6 Å². The Bertz CT molecular complexity index is 1300. The highest BCUT2D eigenvalue weighted by atomic mass is 16.6. The van der Waals surface area contributed by atoms with Gasteiger partial charge in [-0.1, -0.05) is 301 Å². The molecular formula is C69H126O6. The molecule has 0 heterocycles. The zero-order valence-corrected chi connectivity index (χ0v) is 50.3. The van der Waals surface area contributed by atoms with Crippen LogP contribution in [-0.2, 0) is 28.6 Å². The van der Waals surface area contributed by atoms with Crippen LogP contribution < -0.4 is 0 Å². The number of carbonyl (C=O) groups excluding carboxylic acids is 3. The molecule has 0 aromatic heterocycles. The maximum Gasteiger partial charge on any atom is 0.306 e. The minimum atomic E-state index is -0.771. The van der Waals surface area contributed by atoms with Gasteiger partial charge in [-0.15, -0.1) is 0 Å². The van der Waals surface area contributed by atoms with Crippen molar-refractivity contribution in [3.8, 4) is 0 Å². The molecule has 0 aromatic rings. The zero-order valence-electron chi connectivity index (χ0n) is 50.3. The van der Waals surface area contributed by atoms with Crippen molar-refractivity contribution in [2.45, 2.75) is 361 Å².